The van der Waals surface area contributed by atoms with Crippen LogP contribution in [0.5, 0.6) is 0 Å². The molecule has 0 aromatic rings. The molecule has 0 aliphatic rings. The summed E-state index contributed by atoms with van der Waals surface area (Å²) in [6.45, 7) is 0. The van der Waals surface area contributed by atoms with Crippen LogP contribution in [0.2, 0.25) is 4.28 Å². The summed E-state index contributed by atoms with van der Waals surface area (Å²) in [5, 5.41) is 0. The first-order valence-electron chi connectivity index (χ1n) is 4.27. The highest BCUT2D eigenvalue weighted by molar-refractivity contribution is 6.74. The Hall–Kier alpha value is 0.821. The molecule has 0 amide bonds. The Kier molecular flexibility index (Phi) is 8.67. The van der Waals surface area contributed by atoms with Crippen LogP contribution in [0, 0.1) is 0 Å². The van der Waals surface area contributed by atoms with E-state index in [1.807, 2.05) is 0 Å². The van der Waals surface area contributed by atoms with Crippen molar-refractivity contribution in [3.05, 3.63) is 0 Å². The van der Waals surface area contributed by atoms with Crippen LogP contribution in [-0.4, -0.2) is 56.5 Å². The van der Waals surface area contributed by atoms with Crippen LogP contribution in [0.3, 0.4) is 0 Å². The van der Waals surface area contributed by atoms with Crippen molar-refractivity contribution in [2.75, 3.05) is 27.2 Å². The van der Waals surface area contributed by atoms with Gasteiger partial charge >= 0.3 is 0 Å². The lowest BCUT2D eigenvalue weighted by molar-refractivity contribution is 0.386. The van der Waals surface area contributed by atoms with Crippen molar-refractivity contribution in [3.8, 4) is 0 Å². The minimum atomic E-state index is -0.515. The van der Waals surface area contributed by atoms with Crippen molar-refractivity contribution in [2.24, 2.45) is 0 Å². The highest BCUT2D eigenvalue weighted by Crippen LogP contribution is 2.27. The Bertz CT molecular complexity index is 98.2. The topological polar surface area (TPSA) is 27.7 Å². The van der Waals surface area contributed by atoms with Gasteiger partial charge in [-0.15, -0.1) is 11.6 Å². The lowest BCUT2D eigenvalue weighted by Crippen LogP contribution is -2.37. The fourth-order valence-electron chi connectivity index (χ4n) is 1.46. The van der Waals surface area contributed by atoms with Gasteiger partial charge in [0.1, 0.15) is 0 Å². The minimum absolute atomic E-state index is 0.319. The molecule has 80 valence electrons. The van der Waals surface area contributed by atoms with Crippen LogP contribution in [0.4, 0.5) is 0 Å². The van der Waals surface area contributed by atoms with Gasteiger partial charge in [0.25, 0.3) is 0 Å². The molecular weight excluding hydrogens is 240 g/mol. The second-order valence-corrected chi connectivity index (χ2v) is 13.7. The minimum Gasteiger partial charge on any atom is -0.427 e. The van der Waals surface area contributed by atoms with Gasteiger partial charge in [-0.2, -0.15) is 0 Å². The molecule has 0 aliphatic carbocycles. The Labute approximate surface area is 92.3 Å². The molecule has 0 fully saturated rings. The van der Waals surface area contributed by atoms with Crippen molar-refractivity contribution in [3.63, 3.8) is 0 Å². The Morgan fingerprint density at radius 2 is 1.38 bits per heavy atom. The fourth-order valence-corrected chi connectivity index (χ4v) is 10.0. The fraction of sp³-hybridized carbons (Fsp3) is 1.00. The van der Waals surface area contributed by atoms with E-state index in [9.17, 15) is 0 Å². The zero-order valence-corrected chi connectivity index (χ0v) is 13.6. The molecule has 0 radical (unpaired) electrons. The SMILES string of the molecule is CO[SiH2]C(CCCl)([SiH2]OC)[SiH2]OC. The van der Waals surface area contributed by atoms with Gasteiger partial charge in [0.15, 0.2) is 29.3 Å². The number of halogens is 1. The van der Waals surface area contributed by atoms with Gasteiger partial charge in [0, 0.05) is 31.5 Å². The number of hydrogen-bond donors (Lipinski definition) is 0. The van der Waals surface area contributed by atoms with Crippen molar-refractivity contribution < 1.29 is 13.3 Å². The molecule has 0 unspecified atom stereocenters. The lowest BCUT2D eigenvalue weighted by Gasteiger charge is -2.29. The zero-order valence-electron chi connectivity index (χ0n) is 8.64. The van der Waals surface area contributed by atoms with Crippen LogP contribution >= 0.6 is 11.6 Å². The molecular formula is C6H19ClO3Si3. The molecule has 0 saturated carbocycles. The predicted molar refractivity (Wildman–Crippen MR) is 64.7 cm³/mol. The summed E-state index contributed by atoms with van der Waals surface area (Å²) in [6, 6.07) is 0. The van der Waals surface area contributed by atoms with E-state index in [0.29, 0.717) is 10.2 Å². The molecule has 0 saturated heterocycles. The summed E-state index contributed by atoms with van der Waals surface area (Å²) in [5.41, 5.74) is 0. The van der Waals surface area contributed by atoms with Gasteiger partial charge in [-0.25, -0.2) is 0 Å². The number of hydrogen-bond acceptors (Lipinski definition) is 3. The van der Waals surface area contributed by atoms with E-state index < -0.39 is 29.3 Å². The van der Waals surface area contributed by atoms with Gasteiger partial charge in [0.2, 0.25) is 0 Å². The molecule has 7 heteroatoms. The molecule has 0 spiro atoms. The summed E-state index contributed by atoms with van der Waals surface area (Å²) in [5.74, 6) is 0.698. The van der Waals surface area contributed by atoms with Crippen LogP contribution in [0.25, 0.3) is 0 Å². The molecule has 0 atom stereocenters. The largest absolute Gasteiger partial charge is 0.427 e. The molecule has 13 heavy (non-hydrogen) atoms. The maximum atomic E-state index is 5.79. The van der Waals surface area contributed by atoms with E-state index in [4.69, 9.17) is 24.9 Å². The second-order valence-electron chi connectivity index (χ2n) is 3.24. The first-order valence-corrected chi connectivity index (χ1v) is 8.66. The standard InChI is InChI=1S/C6H19ClO3Si3/c1-8-11-6(4-5-7,12-9-2)13-10-3/h4-5,11-13H2,1-3H3. The molecule has 3 nitrogen and oxygen atoms in total. The van der Waals surface area contributed by atoms with E-state index in [1.165, 1.54) is 0 Å². The van der Waals surface area contributed by atoms with Gasteiger partial charge in [-0.05, 0) is 6.42 Å². The van der Waals surface area contributed by atoms with Crippen molar-refractivity contribution >= 4 is 40.9 Å². The average molecular weight is 259 g/mol. The highest BCUT2D eigenvalue weighted by atomic mass is 35.5. The number of alkyl halides is 1. The lowest BCUT2D eigenvalue weighted by atomic mass is 10.5. The summed E-state index contributed by atoms with van der Waals surface area (Å²) in [7, 11) is 3.80. The van der Waals surface area contributed by atoms with Crippen molar-refractivity contribution in [2.45, 2.75) is 10.7 Å². The van der Waals surface area contributed by atoms with Crippen molar-refractivity contribution in [1.29, 1.82) is 0 Å². The maximum absolute atomic E-state index is 5.79. The van der Waals surface area contributed by atoms with E-state index >= 15 is 0 Å². The van der Waals surface area contributed by atoms with E-state index in [-0.39, 0.29) is 0 Å². The third-order valence-electron chi connectivity index (χ3n) is 1.98. The molecule has 0 aromatic carbocycles. The summed E-state index contributed by atoms with van der Waals surface area (Å²) >= 11 is 5.79. The van der Waals surface area contributed by atoms with Crippen LogP contribution in [-0.2, 0) is 13.3 Å². The molecule has 0 aliphatic heterocycles. The molecule has 0 N–H and O–H groups in total. The Morgan fingerprint density at radius 3 is 1.62 bits per heavy atom. The second kappa shape index (κ2) is 8.16. The molecule has 0 aromatic heterocycles. The summed E-state index contributed by atoms with van der Waals surface area (Å²) < 4.78 is 16.4. The Balaban J connectivity index is 4.19. The van der Waals surface area contributed by atoms with Crippen LogP contribution in [0.15, 0.2) is 0 Å². The average Bonchev–Trinajstić information content (AvgIpc) is 2.06. The quantitative estimate of drug-likeness (QED) is 0.408. The molecule has 0 bridgehead atoms. The van der Waals surface area contributed by atoms with Gasteiger partial charge in [-0.3, -0.25) is 0 Å². The van der Waals surface area contributed by atoms with E-state index in [1.54, 1.807) is 21.3 Å². The predicted octanol–water partition coefficient (Wildman–Crippen LogP) is -1.12. The van der Waals surface area contributed by atoms with Crippen molar-refractivity contribution in [1.82, 2.24) is 0 Å². The third kappa shape index (κ3) is 5.31. The number of rotatable bonds is 8. The van der Waals surface area contributed by atoms with Gasteiger partial charge in [-0.1, -0.05) is 0 Å². The smallest absolute Gasteiger partial charge is 0.165 e. The maximum Gasteiger partial charge on any atom is 0.165 e. The summed E-state index contributed by atoms with van der Waals surface area (Å²) in [4.78, 5) is 0. The van der Waals surface area contributed by atoms with Crippen LogP contribution in [0.1, 0.15) is 6.42 Å². The molecule has 0 heterocycles. The van der Waals surface area contributed by atoms with E-state index in [0.717, 1.165) is 6.42 Å². The summed E-state index contributed by atoms with van der Waals surface area (Å²) in [6.07, 6.45) is 1.02. The Morgan fingerprint density at radius 1 is 1.00 bits per heavy atom. The normalized spacial score (nSPS) is 18.5. The first kappa shape index (κ1) is 13.8. The zero-order chi connectivity index (χ0) is 10.2. The highest BCUT2D eigenvalue weighted by Gasteiger charge is 2.32. The third-order valence-corrected chi connectivity index (χ3v) is 9.60. The first-order chi connectivity index (χ1) is 6.24. The van der Waals surface area contributed by atoms with E-state index in [2.05, 4.69) is 0 Å². The monoisotopic (exact) mass is 258 g/mol. The van der Waals surface area contributed by atoms with Gasteiger partial charge in [0.05, 0.1) is 0 Å². The van der Waals surface area contributed by atoms with Gasteiger partial charge < -0.3 is 13.3 Å². The molecule has 0 rings (SSSR count). The van der Waals surface area contributed by atoms with Crippen LogP contribution < -0.4 is 0 Å².